The second kappa shape index (κ2) is 61.5. The van der Waals surface area contributed by atoms with Gasteiger partial charge >= 0.3 is 0 Å². The minimum Gasteiger partial charge on any atom is -0.483 e. The van der Waals surface area contributed by atoms with Crippen LogP contribution in [0.3, 0.4) is 0 Å². The molecule has 21 N–H and O–H groups in total. The number of anilines is 9. The number of hydrogen-bond acceptors (Lipinski definition) is 26. The number of nitriles is 1. The number of benzene rings is 8. The standard InChI is InChI=1S/C18H20N6O.C13H17BrN2O.C12H17BrN2O3.C12H19BrN2O.C10H11BrClNO2.C10H13BrClN.C10H14BrN.C10H15N.C5H4N4.C2H7NO.CH2O2.2CH4/c1-18(2,3)14-7-12(23-17-20-9-13(19-4)10-21-17)8-15-16(14)22-11-24(15)5-6-25;1-13(2,3)10-6-9(14)7-11-12(10)15-8-16(11)4-5-17;1-12(2,3)9-6-8(13)7-10(14-4-5-16)11(9)15(17)18;1-12(2,3)9-6-8(13)7-10(11(9)14)15-4-5-16;1-10(2,3)7-4-6(11)5-8(12)9(7)13(14)15;1-10(2,3)7-4-6(11)5-8(12)9(7)13;1-10(2,3)8-6-7(11)4-5-9(8)12;1-10(2,3)8-6-4-5-7-9(8)11;6-1-4-2-8-5(7)9-3-4;3-1-2-4;2-1-3;;/h7-11,25H,5-6H2,1-3H3,(H,20,21,23);6-8,17H,4-5H2,1-3H3;6-7,14,16H,4-5H2,1-3H3;6-7,15-16H,4-5,14H2,1-3H3;4-5H,1-3H3;4-5H,13H2,1-3H3;4-6H,12H2,1-3H3;4-7H,11H2,1-3H3;2-3H,(H2,7,8,9);4H,1-3H2;1H,(H,2,3);2*1H4. The number of nitrogens with two attached hydrogens (primary N) is 6. The quantitative estimate of drug-likeness (QED) is 0.0149. The number of nitrogens with one attached hydrogen (secondary N) is 3. The minimum atomic E-state index is -0.435. The number of nitro groups is 2. The lowest BCUT2D eigenvalue weighted by Crippen LogP contribution is -2.16. The Morgan fingerprint density at radius 3 is 1.19 bits per heavy atom. The Balaban J connectivity index is 0.00000161. The molecule has 0 saturated heterocycles. The van der Waals surface area contributed by atoms with Crippen LogP contribution in [0.5, 0.6) is 0 Å². The number of aliphatic hydroxyl groups is 5. The van der Waals surface area contributed by atoms with Crippen LogP contribution in [0.25, 0.3) is 26.9 Å². The molecule has 0 aliphatic rings. The van der Waals surface area contributed by atoms with Crippen LogP contribution in [0.4, 0.5) is 68.8 Å². The molecule has 0 saturated carbocycles. The van der Waals surface area contributed by atoms with E-state index < -0.39 is 4.92 Å². The maximum absolute atomic E-state index is 11.3. The molecule has 40 heteroatoms. The van der Waals surface area contributed by atoms with E-state index in [1.165, 1.54) is 47.5 Å². The van der Waals surface area contributed by atoms with E-state index in [0.29, 0.717) is 70.9 Å². The number of nitro benzene ring substituents is 2. The summed E-state index contributed by atoms with van der Waals surface area (Å²) in [4.78, 5) is 57.5. The Hall–Kier alpha value is -10.3. The van der Waals surface area contributed by atoms with E-state index in [2.05, 4.69) is 289 Å². The number of para-hydroxylation sites is 1. The van der Waals surface area contributed by atoms with Crippen LogP contribution in [0.1, 0.15) is 231 Å². The van der Waals surface area contributed by atoms with Crippen LogP contribution in [-0.4, -0.2) is 139 Å². The molecule has 0 atom stereocenters. The highest BCUT2D eigenvalue weighted by Gasteiger charge is 2.32. The lowest BCUT2D eigenvalue weighted by molar-refractivity contribution is -0.385. The monoisotopic (exact) mass is 2420 g/mol. The van der Waals surface area contributed by atoms with Gasteiger partial charge in [-0.25, -0.2) is 34.7 Å². The van der Waals surface area contributed by atoms with Crippen molar-refractivity contribution in [1.29, 1.82) is 5.26 Å². The zero-order chi connectivity index (χ0) is 110. The highest BCUT2D eigenvalue weighted by atomic mass is 79.9. The Labute approximate surface area is 915 Å². The Morgan fingerprint density at radius 1 is 0.448 bits per heavy atom. The van der Waals surface area contributed by atoms with Crippen molar-refractivity contribution in [1.82, 2.24) is 39.0 Å². The molecule has 0 aliphatic heterocycles. The van der Waals surface area contributed by atoms with Gasteiger partial charge in [-0.1, -0.05) is 318 Å². The number of hydrogen-bond donors (Lipinski definition) is 15. The predicted octanol–water partition coefficient (Wildman–Crippen LogP) is 26.3. The SMILES string of the molecule is C.C.CC(C)(C)c1cc(Br)cc(Cl)c1N.CC(C)(C)c1cc(Br)cc(Cl)c1[N+](=O)[O-].CC(C)(C)c1cc(Br)cc(NCCO)c1N.CC(C)(C)c1cc(Br)cc(NCCO)c1[N+](=O)[O-].CC(C)(C)c1cc(Br)cc2c1ncn2CCO.CC(C)(C)c1cc(Br)ccc1N.CC(C)(C)c1ccccc1N.N#Cc1cnc(N)nc1.NCCO.O=CO.[C-]#[N+]c1cnc(Nc2cc(C(C)(C)C)c3ncn(CCO)c3c2)nc1. The first-order chi connectivity index (χ1) is 66.1. The van der Waals surface area contributed by atoms with Crippen LogP contribution in [-0.2, 0) is 61.2 Å². The van der Waals surface area contributed by atoms with Gasteiger partial charge in [-0.15, -0.1) is 0 Å². The summed E-state index contributed by atoms with van der Waals surface area (Å²) >= 11 is 32.3. The first-order valence-electron chi connectivity index (χ1n) is 44.9. The number of halogens is 8. The number of rotatable bonds is 15. The summed E-state index contributed by atoms with van der Waals surface area (Å²) in [5, 5.41) is 90.9. The minimum absolute atomic E-state index is 0. The van der Waals surface area contributed by atoms with Crippen molar-refractivity contribution in [3.63, 3.8) is 0 Å². The van der Waals surface area contributed by atoms with E-state index in [1.54, 1.807) is 30.9 Å². The molecule has 145 heavy (non-hydrogen) atoms. The molecule has 0 unspecified atom stereocenters. The van der Waals surface area contributed by atoms with Crippen LogP contribution < -0.4 is 50.4 Å². The van der Waals surface area contributed by atoms with Crippen LogP contribution in [0, 0.1) is 38.1 Å². The topological polar surface area (TPSA) is 532 Å². The Bertz CT molecular complexity index is 6210. The van der Waals surface area contributed by atoms with Crippen molar-refractivity contribution in [3.05, 3.63) is 271 Å². The van der Waals surface area contributed by atoms with Gasteiger partial charge in [0.25, 0.3) is 17.8 Å². The molecule has 794 valence electrons. The normalized spacial score (nSPS) is 11.0. The number of imidazole rings is 2. The van der Waals surface area contributed by atoms with E-state index in [9.17, 15) is 25.3 Å². The maximum Gasteiger partial charge on any atom is 0.296 e. The Kier molecular flexibility index (Phi) is 57.1. The summed E-state index contributed by atoms with van der Waals surface area (Å²) in [5.74, 6) is 0.619. The van der Waals surface area contributed by atoms with Gasteiger partial charge in [0.05, 0.1) is 124 Å². The number of carboxylic acid groups (broad SMARTS) is 1. The number of aliphatic hydroxyl groups excluding tert-OH is 5. The number of fused-ring (bicyclic) bond motifs is 2. The van der Waals surface area contributed by atoms with Crippen molar-refractivity contribution in [2.24, 2.45) is 5.73 Å². The largest absolute Gasteiger partial charge is 0.483 e. The zero-order valence-corrected chi connectivity index (χ0v) is 96.7. The lowest BCUT2D eigenvalue weighted by Gasteiger charge is -2.23. The zero-order valence-electron chi connectivity index (χ0n) is 85.7. The molecule has 0 aliphatic carbocycles. The molecule has 0 bridgehead atoms. The molecule has 0 fully saturated rings. The molecule has 12 rings (SSSR count). The fraction of sp³-hybridized carbons (Fsp3) is 0.419. The number of nitrogen functional groups attached to an aromatic ring is 5. The Morgan fingerprint density at radius 2 is 0.807 bits per heavy atom. The average Bonchev–Trinajstić information content (AvgIpc) is 1.65. The molecule has 4 heterocycles. The van der Waals surface area contributed by atoms with E-state index in [4.69, 9.17) is 99.8 Å². The molecular formula is C105H147Br6Cl2N21O11. The third-order valence-electron chi connectivity index (χ3n) is 20.1. The molecule has 4 aromatic heterocycles. The van der Waals surface area contributed by atoms with E-state index >= 15 is 0 Å². The number of nitrogens with zero attached hydrogens (tertiary/aromatic N) is 12. The van der Waals surface area contributed by atoms with Gasteiger partial charge in [-0.05, 0) is 174 Å². The van der Waals surface area contributed by atoms with Gasteiger partial charge in [0, 0.05) is 100 Å². The molecule has 8 aromatic carbocycles. The first-order valence-corrected chi connectivity index (χ1v) is 50.4. The molecule has 0 spiro atoms. The van der Waals surface area contributed by atoms with E-state index in [-0.39, 0.29) is 131 Å². The lowest BCUT2D eigenvalue weighted by atomic mass is 9.85. The van der Waals surface area contributed by atoms with Crippen LogP contribution >= 0.6 is 119 Å². The summed E-state index contributed by atoms with van der Waals surface area (Å²) in [6, 6.07) is 38.5. The fourth-order valence-electron chi connectivity index (χ4n) is 13.2. The van der Waals surface area contributed by atoms with Crippen molar-refractivity contribution in [2.45, 2.75) is 237 Å². The highest BCUT2D eigenvalue weighted by molar-refractivity contribution is 9.11. The van der Waals surface area contributed by atoms with E-state index in [1.807, 2.05) is 130 Å². The summed E-state index contributed by atoms with van der Waals surface area (Å²) in [5.41, 5.74) is 51.6. The van der Waals surface area contributed by atoms with Gasteiger partial charge in [0.15, 0.2) is 0 Å². The van der Waals surface area contributed by atoms with Crippen molar-refractivity contribution >= 4 is 216 Å². The van der Waals surface area contributed by atoms with E-state index in [0.717, 1.165) is 94.0 Å². The average molecular weight is 2430 g/mol. The third-order valence-corrected chi connectivity index (χ3v) is 23.4. The van der Waals surface area contributed by atoms with Gasteiger partial charge in [-0.3, -0.25) is 25.0 Å². The summed E-state index contributed by atoms with van der Waals surface area (Å²) in [6.45, 7) is 59.4. The predicted molar refractivity (Wildman–Crippen MR) is 621 cm³/mol. The van der Waals surface area contributed by atoms with Gasteiger partial charge in [0.2, 0.25) is 17.6 Å². The fourth-order valence-corrected chi connectivity index (χ4v) is 16.6. The first kappa shape index (κ1) is 135. The maximum atomic E-state index is 11.3. The van der Waals surface area contributed by atoms with Crippen LogP contribution in [0.2, 0.25) is 10.0 Å². The van der Waals surface area contributed by atoms with Gasteiger partial charge < -0.3 is 90.1 Å². The molecular weight excluding hydrogens is 2280 g/mol. The van der Waals surface area contributed by atoms with Gasteiger partial charge in [-0.2, -0.15) is 5.26 Å². The molecule has 12 aromatic rings. The number of aromatic nitrogens is 8. The smallest absolute Gasteiger partial charge is 0.296 e. The third kappa shape index (κ3) is 45.1. The highest BCUT2D eigenvalue weighted by Crippen LogP contribution is 2.44. The van der Waals surface area contributed by atoms with Crippen LogP contribution in [0.15, 0.2) is 180 Å². The molecule has 32 nitrogen and oxygen atoms in total. The summed E-state index contributed by atoms with van der Waals surface area (Å²) in [7, 11) is 0. The van der Waals surface area contributed by atoms with Crippen molar-refractivity contribution in [3.8, 4) is 6.07 Å². The molecule has 0 radical (unpaired) electrons. The van der Waals surface area contributed by atoms with Crippen molar-refractivity contribution in [2.75, 3.05) is 97.3 Å². The second-order valence-corrected chi connectivity index (χ2v) is 46.4. The van der Waals surface area contributed by atoms with Gasteiger partial charge in [0.1, 0.15) is 16.8 Å². The second-order valence-electron chi connectivity index (χ2n) is 40.1. The van der Waals surface area contributed by atoms with Crippen molar-refractivity contribution < 1.29 is 45.3 Å². The summed E-state index contributed by atoms with van der Waals surface area (Å²) < 4.78 is 9.54. The summed E-state index contributed by atoms with van der Waals surface area (Å²) in [6.07, 6.45) is 9.28. The number of carbonyl (C=O) groups is 1. The molecule has 0 amide bonds.